The maximum Gasteiger partial charge on any atom is 0.332 e. The molecule has 2 aliphatic heterocycles. The number of imidazole rings is 1. The van der Waals surface area contributed by atoms with Crippen LogP contribution < -0.4 is 11.2 Å². The summed E-state index contributed by atoms with van der Waals surface area (Å²) < 4.78 is 4.38. The van der Waals surface area contributed by atoms with Gasteiger partial charge < -0.3 is 9.47 Å². The van der Waals surface area contributed by atoms with Crippen molar-refractivity contribution in [2.45, 2.75) is 24.5 Å². The Morgan fingerprint density at radius 2 is 1.72 bits per heavy atom. The van der Waals surface area contributed by atoms with Crippen LogP contribution in [0.4, 0.5) is 0 Å². The minimum absolute atomic E-state index is 0. The zero-order valence-corrected chi connectivity index (χ0v) is 21.1. The molecule has 0 bridgehead atoms. The average Bonchev–Trinajstić information content (AvgIpc) is 3.16. The van der Waals surface area contributed by atoms with Gasteiger partial charge in [-0.25, -0.2) is 9.78 Å². The molecule has 1 saturated heterocycles. The van der Waals surface area contributed by atoms with Crippen LogP contribution in [0.25, 0.3) is 11.2 Å². The fourth-order valence-corrected chi connectivity index (χ4v) is 4.25. The van der Waals surface area contributed by atoms with Crippen LogP contribution >= 0.6 is 48.8 Å². The number of halogens is 4. The third-order valence-electron chi connectivity index (χ3n) is 5.71. The average molecular weight is 530 g/mol. The summed E-state index contributed by atoms with van der Waals surface area (Å²) in [6, 6.07) is 0. The maximum atomic E-state index is 12.5. The maximum absolute atomic E-state index is 12.5. The van der Waals surface area contributed by atoms with E-state index < -0.39 is 5.12 Å². The zero-order chi connectivity index (χ0) is 20.6. The standard InChI is InChI=1S/C18H25ClN8O2.3ClH/c1-23-15-14(16(28)24(2)17(23)29)26(13-20-15)8-4-7-25-9-11-27(12-10-25)18(19)5-3-6-21-22-18;;;/h3,6,13H,4-5,7-12H2,1-2H3;3*1H. The number of aryl methyl sites for hydroxylation is 2. The number of hydrogen-bond acceptors (Lipinski definition) is 7. The van der Waals surface area contributed by atoms with E-state index in [2.05, 4.69) is 25.0 Å². The quantitative estimate of drug-likeness (QED) is 0.436. The molecule has 2 aliphatic rings. The first-order chi connectivity index (χ1) is 13.9. The van der Waals surface area contributed by atoms with Crippen LogP contribution in [0, 0.1) is 0 Å². The lowest BCUT2D eigenvalue weighted by Crippen LogP contribution is -2.54. The number of fused-ring (bicyclic) bond motifs is 1. The van der Waals surface area contributed by atoms with Crippen molar-refractivity contribution >= 4 is 60.0 Å². The molecule has 0 aromatic carbocycles. The van der Waals surface area contributed by atoms with Crippen molar-refractivity contribution in [2.24, 2.45) is 24.3 Å². The van der Waals surface area contributed by atoms with Crippen LogP contribution in [0.15, 0.2) is 38.4 Å². The first kappa shape index (κ1) is 28.6. The van der Waals surface area contributed by atoms with E-state index in [-0.39, 0.29) is 48.5 Å². The van der Waals surface area contributed by atoms with Gasteiger partial charge in [-0.05, 0) is 13.0 Å². The van der Waals surface area contributed by atoms with Gasteiger partial charge in [-0.3, -0.25) is 18.8 Å². The Balaban J connectivity index is 0.00000171. The second-order valence-electron chi connectivity index (χ2n) is 7.52. The Kier molecular flexibility index (Phi) is 10.4. The zero-order valence-electron chi connectivity index (χ0n) is 17.9. The van der Waals surface area contributed by atoms with Gasteiger partial charge in [0.25, 0.3) is 5.56 Å². The highest BCUT2D eigenvalue weighted by Gasteiger charge is 2.36. The molecular formula is C18H28Cl4N8O2. The lowest BCUT2D eigenvalue weighted by Gasteiger charge is -2.41. The van der Waals surface area contributed by atoms with E-state index >= 15 is 0 Å². The van der Waals surface area contributed by atoms with Crippen LogP contribution in [0.2, 0.25) is 0 Å². The summed E-state index contributed by atoms with van der Waals surface area (Å²) in [4.78, 5) is 33.4. The van der Waals surface area contributed by atoms with E-state index in [0.29, 0.717) is 24.1 Å². The van der Waals surface area contributed by atoms with Gasteiger partial charge >= 0.3 is 5.69 Å². The van der Waals surface area contributed by atoms with Gasteiger partial charge in [0.1, 0.15) is 0 Å². The number of rotatable bonds is 5. The molecule has 0 radical (unpaired) electrons. The Morgan fingerprint density at radius 1 is 1.03 bits per heavy atom. The highest BCUT2D eigenvalue weighted by Crippen LogP contribution is 2.31. The number of azo groups is 1. The number of aromatic nitrogens is 4. The molecule has 1 atom stereocenters. The molecule has 32 heavy (non-hydrogen) atoms. The van der Waals surface area contributed by atoms with Gasteiger partial charge in [-0.15, -0.1) is 42.3 Å². The molecule has 0 saturated carbocycles. The molecule has 180 valence electrons. The lowest BCUT2D eigenvalue weighted by atomic mass is 10.2. The molecule has 0 aliphatic carbocycles. The van der Waals surface area contributed by atoms with Crippen molar-refractivity contribution < 1.29 is 0 Å². The van der Waals surface area contributed by atoms with Gasteiger partial charge in [0.2, 0.25) is 5.12 Å². The van der Waals surface area contributed by atoms with Crippen LogP contribution in [-0.4, -0.2) is 66.3 Å². The molecule has 2 aromatic heterocycles. The van der Waals surface area contributed by atoms with Gasteiger partial charge in [-0.1, -0.05) is 17.7 Å². The minimum Gasteiger partial charge on any atom is -0.325 e. The van der Waals surface area contributed by atoms with Gasteiger partial charge in [0.15, 0.2) is 11.2 Å². The minimum atomic E-state index is -0.743. The van der Waals surface area contributed by atoms with Crippen molar-refractivity contribution in [3.8, 4) is 0 Å². The normalized spacial score (nSPS) is 21.1. The highest BCUT2D eigenvalue weighted by atomic mass is 35.5. The van der Waals surface area contributed by atoms with E-state index in [4.69, 9.17) is 11.6 Å². The van der Waals surface area contributed by atoms with Crippen molar-refractivity contribution in [1.29, 1.82) is 0 Å². The third kappa shape index (κ3) is 5.37. The van der Waals surface area contributed by atoms with E-state index in [9.17, 15) is 9.59 Å². The summed E-state index contributed by atoms with van der Waals surface area (Å²) in [6.07, 6.45) is 6.82. The SMILES string of the molecule is Cl.Cl.Cl.Cn1c(=O)c2c(ncn2CCCN2CCN(C3(Cl)CC=CN=N3)CC2)n(C)c1=O. The van der Waals surface area contributed by atoms with Crippen LogP contribution in [0.1, 0.15) is 12.8 Å². The van der Waals surface area contributed by atoms with Crippen LogP contribution in [0.3, 0.4) is 0 Å². The first-order valence-electron chi connectivity index (χ1n) is 9.75. The predicted octanol–water partition coefficient (Wildman–Crippen LogP) is 1.97. The summed E-state index contributed by atoms with van der Waals surface area (Å²) in [7, 11) is 3.12. The first-order valence-corrected chi connectivity index (χ1v) is 10.1. The molecule has 0 spiro atoms. The van der Waals surface area contributed by atoms with E-state index in [1.807, 2.05) is 10.6 Å². The molecule has 4 rings (SSSR count). The largest absolute Gasteiger partial charge is 0.332 e. The molecule has 4 heterocycles. The summed E-state index contributed by atoms with van der Waals surface area (Å²) >= 11 is 6.61. The molecule has 0 amide bonds. The molecule has 14 heteroatoms. The van der Waals surface area contributed by atoms with Crippen molar-refractivity contribution in [3.05, 3.63) is 39.4 Å². The Hall–Kier alpha value is -1.43. The Morgan fingerprint density at radius 3 is 2.34 bits per heavy atom. The van der Waals surface area contributed by atoms with E-state index in [0.717, 1.165) is 43.7 Å². The second-order valence-corrected chi connectivity index (χ2v) is 8.13. The number of alkyl halides is 1. The molecular weight excluding hydrogens is 502 g/mol. The lowest BCUT2D eigenvalue weighted by molar-refractivity contribution is 0.0756. The fourth-order valence-electron chi connectivity index (χ4n) is 3.95. The Bertz CT molecular complexity index is 1090. The van der Waals surface area contributed by atoms with E-state index in [1.165, 1.54) is 11.6 Å². The van der Waals surface area contributed by atoms with Crippen LogP contribution in [0.5, 0.6) is 0 Å². The third-order valence-corrected chi connectivity index (χ3v) is 6.18. The second kappa shape index (κ2) is 11.6. The molecule has 0 N–H and O–H groups in total. The van der Waals surface area contributed by atoms with Crippen molar-refractivity contribution in [3.63, 3.8) is 0 Å². The van der Waals surface area contributed by atoms with Crippen molar-refractivity contribution in [2.75, 3.05) is 32.7 Å². The number of piperazine rings is 1. The summed E-state index contributed by atoms with van der Waals surface area (Å²) in [5.41, 5.74) is 0.224. The summed E-state index contributed by atoms with van der Waals surface area (Å²) in [5.74, 6) is 0. The summed E-state index contributed by atoms with van der Waals surface area (Å²) in [6.45, 7) is 5.09. The van der Waals surface area contributed by atoms with Gasteiger partial charge in [0, 0.05) is 59.4 Å². The number of hydrogen-bond donors (Lipinski definition) is 0. The van der Waals surface area contributed by atoms with Gasteiger partial charge in [0.05, 0.1) is 6.33 Å². The van der Waals surface area contributed by atoms with E-state index in [1.54, 1.807) is 19.6 Å². The number of nitrogens with zero attached hydrogens (tertiary/aromatic N) is 8. The van der Waals surface area contributed by atoms with Crippen LogP contribution in [-0.2, 0) is 20.6 Å². The predicted molar refractivity (Wildman–Crippen MR) is 132 cm³/mol. The monoisotopic (exact) mass is 528 g/mol. The Labute approximate surface area is 209 Å². The molecule has 1 unspecified atom stereocenters. The van der Waals surface area contributed by atoms with Gasteiger partial charge in [-0.2, -0.15) is 5.11 Å². The molecule has 10 nitrogen and oxygen atoms in total. The smallest absolute Gasteiger partial charge is 0.325 e. The highest BCUT2D eigenvalue weighted by molar-refractivity contribution is 6.23. The topological polar surface area (TPSA) is 93.0 Å². The summed E-state index contributed by atoms with van der Waals surface area (Å²) in [5, 5.41) is 7.42. The molecule has 2 aromatic rings. The fraction of sp³-hybridized carbons (Fsp3) is 0.611. The van der Waals surface area contributed by atoms with Crippen molar-refractivity contribution in [1.82, 2.24) is 28.5 Å². The molecule has 1 fully saturated rings.